The molecule has 0 rings (SSSR count). The van der Waals surface area contributed by atoms with E-state index in [2.05, 4.69) is 14.4 Å². The van der Waals surface area contributed by atoms with Crippen LogP contribution in [0.4, 0.5) is 0 Å². The van der Waals surface area contributed by atoms with Crippen LogP contribution in [0, 0.1) is 0 Å². The van der Waals surface area contributed by atoms with Crippen molar-refractivity contribution in [3.8, 4) is 0 Å². The molecule has 0 aliphatic heterocycles. The Morgan fingerprint density at radius 3 is 1.20 bits per heavy atom. The molecular formula is C2H6B2S. The van der Waals surface area contributed by atoms with Gasteiger partial charge < -0.3 is 0 Å². The summed E-state index contributed by atoms with van der Waals surface area (Å²) in [6, 6.07) is 0. The van der Waals surface area contributed by atoms with Crippen LogP contribution in [-0.2, 0) is 0 Å². The van der Waals surface area contributed by atoms with E-state index in [1.165, 1.54) is 0 Å². The summed E-state index contributed by atoms with van der Waals surface area (Å²) in [4.78, 5) is 0. The largest absolute Gasteiger partial charge is 0.169 e. The summed E-state index contributed by atoms with van der Waals surface area (Å²) in [5, 5.41) is 0. The summed E-state index contributed by atoms with van der Waals surface area (Å²) in [6.45, 7) is 0. The smallest absolute Gasteiger partial charge is 0.0187 e. The average molecular weight is 83.8 g/mol. The van der Waals surface area contributed by atoms with Gasteiger partial charge in [-0.2, -0.15) is 11.8 Å². The number of thioether (sulfide) groups is 1. The molecule has 0 aliphatic carbocycles. The van der Waals surface area contributed by atoms with Gasteiger partial charge in [-0.25, -0.2) is 0 Å². The normalized spacial score (nSPS) is 5.20. The molecule has 0 radical (unpaired) electrons. The van der Waals surface area contributed by atoms with E-state index < -0.39 is 0 Å². The molecule has 0 unspecified atom stereocenters. The van der Waals surface area contributed by atoms with Gasteiger partial charge in [0, 0.05) is 0 Å². The predicted octanol–water partition coefficient (Wildman–Crippen LogP) is 0.218. The molecule has 0 saturated heterocycles. The van der Waals surface area contributed by atoms with Gasteiger partial charge in [0.25, 0.3) is 0 Å². The summed E-state index contributed by atoms with van der Waals surface area (Å²) in [6.07, 6.45) is 4.08. The Morgan fingerprint density at radius 1 is 1.20 bits per heavy atom. The van der Waals surface area contributed by atoms with Crippen molar-refractivity contribution >= 4 is 26.2 Å². The number of hydrogen-bond donors (Lipinski definition) is 0. The Balaban J connectivity index is 0. The summed E-state index contributed by atoms with van der Waals surface area (Å²) in [5.41, 5.74) is 0. The van der Waals surface area contributed by atoms with E-state index in [1.54, 1.807) is 11.8 Å². The third kappa shape index (κ3) is 120. The van der Waals surface area contributed by atoms with Crippen molar-refractivity contribution in [1.82, 2.24) is 0 Å². The molecule has 0 bridgehead atoms. The molecule has 3 heteroatoms. The van der Waals surface area contributed by atoms with E-state index in [0.29, 0.717) is 0 Å². The molecule has 0 spiro atoms. The van der Waals surface area contributed by atoms with Crippen LogP contribution in [0.2, 0.25) is 0 Å². The number of rotatable bonds is 0. The molecule has 0 N–H and O–H groups in total. The molecule has 5 heavy (non-hydrogen) atoms. The van der Waals surface area contributed by atoms with Gasteiger partial charge in [0.15, 0.2) is 0 Å². The van der Waals surface area contributed by atoms with Crippen molar-refractivity contribution in [2.24, 2.45) is 0 Å². The second kappa shape index (κ2) is 24.8. The monoisotopic (exact) mass is 84.0 g/mol. The van der Waals surface area contributed by atoms with E-state index in [-0.39, 0.29) is 0 Å². The minimum absolute atomic E-state index is 1.75. The van der Waals surface area contributed by atoms with Crippen LogP contribution >= 0.6 is 11.8 Å². The fourth-order valence-electron chi connectivity index (χ4n) is 0. The first-order valence-electron chi connectivity index (χ1n) is 1.15. The maximum atomic E-state index is 4.00. The van der Waals surface area contributed by atoms with Crippen molar-refractivity contribution in [2.45, 2.75) is 0 Å². The molecule has 0 saturated carbocycles. The fraction of sp³-hybridized carbons (Fsp3) is 1.00. The molecular weight excluding hydrogens is 77.7 g/mol. The third-order valence-electron chi connectivity index (χ3n) is 0. The zero-order valence-corrected chi connectivity index (χ0v) is 4.38. The van der Waals surface area contributed by atoms with Gasteiger partial charge in [-0.1, -0.05) is 0 Å². The molecule has 0 nitrogen and oxygen atoms in total. The van der Waals surface area contributed by atoms with Crippen molar-refractivity contribution in [1.29, 1.82) is 0 Å². The second-order valence-corrected chi connectivity index (χ2v) is 1.22. The second-order valence-electron chi connectivity index (χ2n) is 0.408. The van der Waals surface area contributed by atoms with Gasteiger partial charge in [0.1, 0.15) is 0 Å². The van der Waals surface area contributed by atoms with Crippen LogP contribution in [0.3, 0.4) is 0 Å². The third-order valence-corrected chi connectivity index (χ3v) is 0. The Labute approximate surface area is 39.4 Å². The summed E-state index contributed by atoms with van der Waals surface area (Å²) in [5.74, 6) is 0. The van der Waals surface area contributed by atoms with E-state index in [4.69, 9.17) is 0 Å². The average Bonchev–Trinajstić information content (AvgIpc) is 1.46. The van der Waals surface area contributed by atoms with E-state index in [9.17, 15) is 0 Å². The van der Waals surface area contributed by atoms with E-state index in [1.807, 2.05) is 12.5 Å². The first kappa shape index (κ1) is 9.08. The van der Waals surface area contributed by atoms with Gasteiger partial charge in [-0.3, -0.25) is 0 Å². The molecule has 0 atom stereocenters. The maximum absolute atomic E-state index is 4.00. The van der Waals surface area contributed by atoms with Crippen LogP contribution in [-0.4, -0.2) is 26.9 Å². The fourth-order valence-corrected chi connectivity index (χ4v) is 0. The van der Waals surface area contributed by atoms with Crippen LogP contribution < -0.4 is 0 Å². The predicted molar refractivity (Wildman–Crippen MR) is 30.9 cm³/mol. The quantitative estimate of drug-likeness (QED) is 0.378. The van der Waals surface area contributed by atoms with Crippen LogP contribution in [0.1, 0.15) is 0 Å². The minimum atomic E-state index is 1.75. The van der Waals surface area contributed by atoms with E-state index in [0.717, 1.165) is 0 Å². The topological polar surface area (TPSA) is 0 Å². The summed E-state index contributed by atoms with van der Waals surface area (Å²) < 4.78 is 0. The molecule has 0 fully saturated rings. The molecule has 0 amide bonds. The first-order valence-corrected chi connectivity index (χ1v) is 2.78. The van der Waals surface area contributed by atoms with Gasteiger partial charge in [-0.05, 0) is 12.5 Å². The Bertz CT molecular complexity index is 18.9. The van der Waals surface area contributed by atoms with Crippen molar-refractivity contribution in [3.05, 3.63) is 0 Å². The molecule has 0 aromatic rings. The van der Waals surface area contributed by atoms with Crippen molar-refractivity contribution < 1.29 is 0 Å². The minimum Gasteiger partial charge on any atom is -0.169 e. The molecule has 26 valence electrons. The van der Waals surface area contributed by atoms with Gasteiger partial charge in [0.05, 0.1) is 0 Å². The van der Waals surface area contributed by atoms with Crippen LogP contribution in [0.15, 0.2) is 0 Å². The molecule has 0 heterocycles. The van der Waals surface area contributed by atoms with Gasteiger partial charge in [0.2, 0.25) is 0 Å². The van der Waals surface area contributed by atoms with Gasteiger partial charge >= 0.3 is 14.4 Å². The van der Waals surface area contributed by atoms with Gasteiger partial charge in [-0.15, -0.1) is 0 Å². The number of hydrogen-bond acceptors (Lipinski definition) is 1. The SMILES string of the molecule is B#B.CSC. The van der Waals surface area contributed by atoms with Crippen molar-refractivity contribution in [3.63, 3.8) is 0 Å². The molecule has 0 aliphatic rings. The maximum Gasteiger partial charge on any atom is -0.0187 e. The summed E-state index contributed by atoms with van der Waals surface area (Å²) in [7, 11) is 8.00. The molecule has 0 aromatic heterocycles. The Hall–Kier alpha value is 0.480. The zero-order valence-electron chi connectivity index (χ0n) is 3.56. The first-order chi connectivity index (χ1) is 2.41. The Morgan fingerprint density at radius 2 is 1.20 bits per heavy atom. The summed E-state index contributed by atoms with van der Waals surface area (Å²) >= 11 is 1.75. The standard InChI is InChI=1S/C2H6S.B2/c1-3-2;1-2/h1-2H3;. The zero-order chi connectivity index (χ0) is 4.71. The van der Waals surface area contributed by atoms with Crippen LogP contribution in [0.5, 0.6) is 0 Å². The Kier molecular flexibility index (Phi) is 45.0. The van der Waals surface area contributed by atoms with Crippen molar-refractivity contribution in [2.75, 3.05) is 12.5 Å². The van der Waals surface area contributed by atoms with E-state index >= 15 is 0 Å². The molecule has 0 aromatic carbocycles. The van der Waals surface area contributed by atoms with Crippen LogP contribution in [0.25, 0.3) is 0 Å².